The van der Waals surface area contributed by atoms with Crippen LogP contribution in [0.5, 0.6) is 0 Å². The zero-order valence-electron chi connectivity index (χ0n) is 12.3. The van der Waals surface area contributed by atoms with E-state index in [-0.39, 0.29) is 10.6 Å². The molecule has 21 heavy (non-hydrogen) atoms. The van der Waals surface area contributed by atoms with Crippen molar-refractivity contribution < 1.29 is 4.92 Å². The molecule has 2 fully saturated rings. The lowest BCUT2D eigenvalue weighted by molar-refractivity contribution is -0.384. The third-order valence-corrected chi connectivity index (χ3v) is 4.84. The average molecular weight is 289 g/mol. The van der Waals surface area contributed by atoms with E-state index in [0.717, 1.165) is 18.7 Å². The van der Waals surface area contributed by atoms with Gasteiger partial charge in [-0.25, -0.2) is 0 Å². The standard InChI is InChI=1S/C16H23N3O2/c20-19(21)13-6-3-5-12(11-13)18-16-9-4-7-14(16)15-8-1-2-10-17-15/h3,5-6,11,14-18H,1-2,4,7-10H2. The van der Waals surface area contributed by atoms with Crippen molar-refractivity contribution in [2.75, 3.05) is 11.9 Å². The quantitative estimate of drug-likeness (QED) is 0.659. The van der Waals surface area contributed by atoms with E-state index in [1.807, 2.05) is 6.07 Å². The lowest BCUT2D eigenvalue weighted by atomic mass is 9.88. The Morgan fingerprint density at radius 3 is 2.86 bits per heavy atom. The minimum Gasteiger partial charge on any atom is -0.382 e. The molecular weight excluding hydrogens is 266 g/mol. The molecule has 1 heterocycles. The van der Waals surface area contributed by atoms with Crippen molar-refractivity contribution in [2.45, 2.75) is 50.6 Å². The van der Waals surface area contributed by atoms with Gasteiger partial charge in [-0.2, -0.15) is 0 Å². The molecule has 5 nitrogen and oxygen atoms in total. The number of anilines is 1. The second-order valence-corrected chi connectivity index (χ2v) is 6.21. The summed E-state index contributed by atoms with van der Waals surface area (Å²) in [6.45, 7) is 1.13. The Hall–Kier alpha value is -1.62. The normalized spacial score (nSPS) is 29.2. The molecule has 1 aromatic carbocycles. The largest absolute Gasteiger partial charge is 0.382 e. The smallest absolute Gasteiger partial charge is 0.271 e. The SMILES string of the molecule is O=[N+]([O-])c1cccc(NC2CCCC2C2CCCCN2)c1. The second-order valence-electron chi connectivity index (χ2n) is 6.21. The first kappa shape index (κ1) is 14.3. The summed E-state index contributed by atoms with van der Waals surface area (Å²) in [5.41, 5.74) is 1.03. The average Bonchev–Trinajstić information content (AvgIpc) is 2.96. The highest BCUT2D eigenvalue weighted by Gasteiger charge is 2.34. The van der Waals surface area contributed by atoms with Gasteiger partial charge in [0.05, 0.1) is 4.92 Å². The number of hydrogen-bond acceptors (Lipinski definition) is 4. The Balaban J connectivity index is 1.68. The fourth-order valence-corrected chi connectivity index (χ4v) is 3.82. The number of nitro groups is 1. The van der Waals surface area contributed by atoms with Crippen LogP contribution in [0.25, 0.3) is 0 Å². The van der Waals surface area contributed by atoms with Crippen LogP contribution in [0, 0.1) is 16.0 Å². The summed E-state index contributed by atoms with van der Waals surface area (Å²) in [4.78, 5) is 10.5. The molecule has 5 heteroatoms. The molecule has 0 aromatic heterocycles. The Morgan fingerprint density at radius 1 is 1.19 bits per heavy atom. The van der Waals surface area contributed by atoms with Crippen LogP contribution in [-0.4, -0.2) is 23.6 Å². The molecule has 0 spiro atoms. The van der Waals surface area contributed by atoms with Crippen LogP contribution in [-0.2, 0) is 0 Å². The minimum atomic E-state index is -0.333. The number of non-ortho nitro benzene ring substituents is 1. The fourth-order valence-electron chi connectivity index (χ4n) is 3.82. The molecule has 3 atom stereocenters. The summed E-state index contributed by atoms with van der Waals surface area (Å²) in [6, 6.07) is 7.91. The molecule has 114 valence electrons. The highest BCUT2D eigenvalue weighted by Crippen LogP contribution is 2.34. The van der Waals surface area contributed by atoms with E-state index in [9.17, 15) is 10.1 Å². The summed E-state index contributed by atoms with van der Waals surface area (Å²) < 4.78 is 0. The van der Waals surface area contributed by atoms with Gasteiger partial charge in [-0.3, -0.25) is 10.1 Å². The molecule has 2 aliphatic rings. The number of hydrogen-bond donors (Lipinski definition) is 2. The van der Waals surface area contributed by atoms with E-state index in [2.05, 4.69) is 10.6 Å². The molecule has 0 bridgehead atoms. The van der Waals surface area contributed by atoms with Gasteiger partial charge in [0, 0.05) is 29.9 Å². The minimum absolute atomic E-state index is 0.158. The van der Waals surface area contributed by atoms with Crippen molar-refractivity contribution in [3.05, 3.63) is 34.4 Å². The van der Waals surface area contributed by atoms with E-state index >= 15 is 0 Å². The summed E-state index contributed by atoms with van der Waals surface area (Å²) in [5, 5.41) is 18.1. The van der Waals surface area contributed by atoms with Crippen LogP contribution < -0.4 is 10.6 Å². The number of benzene rings is 1. The number of nitrogens with zero attached hydrogens (tertiary/aromatic N) is 1. The zero-order valence-corrected chi connectivity index (χ0v) is 12.3. The van der Waals surface area contributed by atoms with Crippen molar-refractivity contribution in [1.82, 2.24) is 5.32 Å². The number of piperidine rings is 1. The van der Waals surface area contributed by atoms with Gasteiger partial charge in [-0.05, 0) is 44.2 Å². The fraction of sp³-hybridized carbons (Fsp3) is 0.625. The third kappa shape index (κ3) is 3.35. The summed E-state index contributed by atoms with van der Waals surface area (Å²) >= 11 is 0. The summed E-state index contributed by atoms with van der Waals surface area (Å²) in [6.07, 6.45) is 7.52. The van der Waals surface area contributed by atoms with E-state index in [0.29, 0.717) is 18.0 Å². The first-order chi connectivity index (χ1) is 10.2. The van der Waals surface area contributed by atoms with Gasteiger partial charge in [0.2, 0.25) is 0 Å². The van der Waals surface area contributed by atoms with Crippen LogP contribution in [0.1, 0.15) is 38.5 Å². The highest BCUT2D eigenvalue weighted by atomic mass is 16.6. The van der Waals surface area contributed by atoms with Gasteiger partial charge in [0.1, 0.15) is 0 Å². The first-order valence-electron chi connectivity index (χ1n) is 7.98. The van der Waals surface area contributed by atoms with E-state index in [1.165, 1.54) is 32.1 Å². The lowest BCUT2D eigenvalue weighted by Gasteiger charge is -2.33. The maximum Gasteiger partial charge on any atom is 0.271 e. The van der Waals surface area contributed by atoms with Gasteiger partial charge in [0.15, 0.2) is 0 Å². The van der Waals surface area contributed by atoms with Crippen molar-refractivity contribution >= 4 is 11.4 Å². The molecule has 1 saturated heterocycles. The van der Waals surface area contributed by atoms with Crippen molar-refractivity contribution in [3.8, 4) is 0 Å². The Morgan fingerprint density at radius 2 is 2.10 bits per heavy atom. The summed E-state index contributed by atoms with van der Waals surface area (Å²) in [7, 11) is 0. The third-order valence-electron chi connectivity index (χ3n) is 4.84. The molecule has 1 saturated carbocycles. The van der Waals surface area contributed by atoms with Crippen LogP contribution in [0.3, 0.4) is 0 Å². The van der Waals surface area contributed by atoms with Crippen molar-refractivity contribution in [2.24, 2.45) is 5.92 Å². The Bertz CT molecular complexity index is 500. The Kier molecular flexibility index (Phi) is 4.39. The number of rotatable bonds is 4. The topological polar surface area (TPSA) is 67.2 Å². The van der Waals surface area contributed by atoms with Crippen molar-refractivity contribution in [3.63, 3.8) is 0 Å². The molecule has 1 aliphatic heterocycles. The van der Waals surface area contributed by atoms with E-state index < -0.39 is 0 Å². The molecule has 0 radical (unpaired) electrons. The molecule has 3 unspecified atom stereocenters. The summed E-state index contributed by atoms with van der Waals surface area (Å²) in [5.74, 6) is 0.643. The number of nitro benzene ring substituents is 1. The highest BCUT2D eigenvalue weighted by molar-refractivity contribution is 5.51. The van der Waals surface area contributed by atoms with Gasteiger partial charge >= 0.3 is 0 Å². The monoisotopic (exact) mass is 289 g/mol. The predicted molar refractivity (Wildman–Crippen MR) is 83.5 cm³/mol. The molecule has 3 rings (SSSR count). The molecule has 0 amide bonds. The van der Waals surface area contributed by atoms with Gasteiger partial charge in [-0.15, -0.1) is 0 Å². The van der Waals surface area contributed by atoms with Crippen LogP contribution in [0.15, 0.2) is 24.3 Å². The maximum absolute atomic E-state index is 10.9. The zero-order chi connectivity index (χ0) is 14.7. The Labute approximate surface area is 125 Å². The number of nitrogens with one attached hydrogen (secondary N) is 2. The second kappa shape index (κ2) is 6.43. The van der Waals surface area contributed by atoms with Gasteiger partial charge < -0.3 is 10.6 Å². The molecule has 2 N–H and O–H groups in total. The van der Waals surface area contributed by atoms with E-state index in [4.69, 9.17) is 0 Å². The van der Waals surface area contributed by atoms with Crippen LogP contribution in [0.2, 0.25) is 0 Å². The first-order valence-corrected chi connectivity index (χ1v) is 7.98. The van der Waals surface area contributed by atoms with Crippen LogP contribution in [0.4, 0.5) is 11.4 Å². The lowest BCUT2D eigenvalue weighted by Crippen LogP contribution is -2.44. The molecular formula is C16H23N3O2. The van der Waals surface area contributed by atoms with Gasteiger partial charge in [0.25, 0.3) is 5.69 Å². The van der Waals surface area contributed by atoms with Gasteiger partial charge in [-0.1, -0.05) is 18.9 Å². The van der Waals surface area contributed by atoms with E-state index in [1.54, 1.807) is 18.2 Å². The molecule has 1 aliphatic carbocycles. The molecule has 1 aromatic rings. The maximum atomic E-state index is 10.9. The predicted octanol–water partition coefficient (Wildman–Crippen LogP) is 3.32. The van der Waals surface area contributed by atoms with Crippen molar-refractivity contribution in [1.29, 1.82) is 0 Å². The van der Waals surface area contributed by atoms with Crippen LogP contribution >= 0.6 is 0 Å².